The van der Waals surface area contributed by atoms with Crippen molar-refractivity contribution >= 4 is 11.9 Å². The zero-order valence-corrected chi connectivity index (χ0v) is 6.06. The van der Waals surface area contributed by atoms with Crippen LogP contribution in [-0.4, -0.2) is 26.5 Å². The molecule has 0 saturated heterocycles. The summed E-state index contributed by atoms with van der Waals surface area (Å²) in [7, 11) is 0. The number of rotatable bonds is 2. The van der Waals surface area contributed by atoms with E-state index in [4.69, 9.17) is 10.2 Å². The normalized spacial score (nSPS) is 9.42. The van der Waals surface area contributed by atoms with Crippen molar-refractivity contribution in [2.75, 3.05) is 5.32 Å². The first kappa shape index (κ1) is 8.41. The summed E-state index contributed by atoms with van der Waals surface area (Å²) >= 11 is 0. The van der Waals surface area contributed by atoms with Gasteiger partial charge in [0, 0.05) is 0 Å². The SMILES string of the molecule is O=C(O)Nc1ccc(CO)nn1. The molecule has 0 aromatic carbocycles. The number of carbonyl (C=O) groups is 1. The van der Waals surface area contributed by atoms with E-state index in [2.05, 4.69) is 10.2 Å². The topological polar surface area (TPSA) is 95.3 Å². The largest absolute Gasteiger partial charge is 0.465 e. The van der Waals surface area contributed by atoms with Gasteiger partial charge in [0.05, 0.1) is 12.3 Å². The predicted octanol–water partition coefficient (Wildman–Crippen LogP) is 0.0588. The average molecular weight is 169 g/mol. The minimum Gasteiger partial charge on any atom is -0.465 e. The van der Waals surface area contributed by atoms with Crippen LogP contribution in [0.1, 0.15) is 5.69 Å². The van der Waals surface area contributed by atoms with Crippen LogP contribution in [0.15, 0.2) is 12.1 Å². The number of hydrogen-bond acceptors (Lipinski definition) is 4. The van der Waals surface area contributed by atoms with E-state index in [0.29, 0.717) is 5.69 Å². The molecule has 0 spiro atoms. The second-order valence-electron chi connectivity index (χ2n) is 2.00. The Morgan fingerprint density at radius 1 is 1.50 bits per heavy atom. The van der Waals surface area contributed by atoms with Gasteiger partial charge in [0.2, 0.25) is 0 Å². The van der Waals surface area contributed by atoms with Gasteiger partial charge in [-0.15, -0.1) is 5.10 Å². The van der Waals surface area contributed by atoms with Gasteiger partial charge in [-0.2, -0.15) is 5.10 Å². The van der Waals surface area contributed by atoms with E-state index in [9.17, 15) is 4.79 Å². The second-order valence-corrected chi connectivity index (χ2v) is 2.00. The molecule has 6 nitrogen and oxygen atoms in total. The van der Waals surface area contributed by atoms with Crippen LogP contribution in [-0.2, 0) is 6.61 Å². The highest BCUT2D eigenvalue weighted by Crippen LogP contribution is 2.00. The van der Waals surface area contributed by atoms with Crippen molar-refractivity contribution in [3.8, 4) is 0 Å². The van der Waals surface area contributed by atoms with Gasteiger partial charge in [-0.1, -0.05) is 0 Å². The molecule has 0 bridgehead atoms. The van der Waals surface area contributed by atoms with Gasteiger partial charge < -0.3 is 10.2 Å². The maximum absolute atomic E-state index is 10.1. The molecule has 12 heavy (non-hydrogen) atoms. The highest BCUT2D eigenvalue weighted by Gasteiger charge is 1.99. The van der Waals surface area contributed by atoms with Gasteiger partial charge in [-0.05, 0) is 12.1 Å². The van der Waals surface area contributed by atoms with Crippen LogP contribution in [0, 0.1) is 0 Å². The van der Waals surface area contributed by atoms with Crippen molar-refractivity contribution < 1.29 is 15.0 Å². The Morgan fingerprint density at radius 3 is 2.67 bits per heavy atom. The molecule has 1 aromatic rings. The molecule has 0 atom stereocenters. The van der Waals surface area contributed by atoms with Crippen LogP contribution >= 0.6 is 0 Å². The highest BCUT2D eigenvalue weighted by atomic mass is 16.4. The maximum atomic E-state index is 10.1. The molecule has 1 amide bonds. The van der Waals surface area contributed by atoms with Gasteiger partial charge in [0.25, 0.3) is 0 Å². The van der Waals surface area contributed by atoms with Crippen LogP contribution < -0.4 is 5.32 Å². The lowest BCUT2D eigenvalue weighted by atomic mass is 10.4. The first-order chi connectivity index (χ1) is 5.72. The summed E-state index contributed by atoms with van der Waals surface area (Å²) in [5, 5.41) is 25.9. The van der Waals surface area contributed by atoms with E-state index in [1.54, 1.807) is 0 Å². The average Bonchev–Trinajstić information content (AvgIpc) is 2.05. The first-order valence-corrected chi connectivity index (χ1v) is 3.16. The van der Waals surface area contributed by atoms with Crippen LogP contribution in [0.25, 0.3) is 0 Å². The summed E-state index contributed by atoms with van der Waals surface area (Å²) in [6.45, 7) is -0.208. The molecule has 6 heteroatoms. The third-order valence-corrected chi connectivity index (χ3v) is 1.12. The van der Waals surface area contributed by atoms with E-state index in [-0.39, 0.29) is 12.4 Å². The van der Waals surface area contributed by atoms with Crippen LogP contribution in [0.5, 0.6) is 0 Å². The van der Waals surface area contributed by atoms with Crippen molar-refractivity contribution in [1.82, 2.24) is 10.2 Å². The second kappa shape index (κ2) is 3.63. The molecule has 1 aromatic heterocycles. The third-order valence-electron chi connectivity index (χ3n) is 1.12. The molecule has 64 valence electrons. The Bertz CT molecular complexity index is 272. The lowest BCUT2D eigenvalue weighted by Crippen LogP contribution is -2.09. The predicted molar refractivity (Wildman–Crippen MR) is 39.6 cm³/mol. The summed E-state index contributed by atoms with van der Waals surface area (Å²) in [4.78, 5) is 10.1. The molecule has 1 rings (SSSR count). The maximum Gasteiger partial charge on any atom is 0.410 e. The number of amides is 1. The zero-order valence-electron chi connectivity index (χ0n) is 6.06. The van der Waals surface area contributed by atoms with E-state index in [1.165, 1.54) is 12.1 Å². The zero-order chi connectivity index (χ0) is 8.97. The fourth-order valence-corrected chi connectivity index (χ4v) is 0.620. The highest BCUT2D eigenvalue weighted by molar-refractivity contribution is 5.81. The van der Waals surface area contributed by atoms with Crippen molar-refractivity contribution in [3.63, 3.8) is 0 Å². The van der Waals surface area contributed by atoms with E-state index in [1.807, 2.05) is 5.32 Å². The molecule has 0 aliphatic heterocycles. The van der Waals surface area contributed by atoms with E-state index in [0.717, 1.165) is 0 Å². The van der Waals surface area contributed by atoms with Gasteiger partial charge in [-0.25, -0.2) is 4.79 Å². The van der Waals surface area contributed by atoms with Gasteiger partial charge in [-0.3, -0.25) is 5.32 Å². The Labute approximate surface area is 67.9 Å². The molecule has 3 N–H and O–H groups in total. The summed E-state index contributed by atoms with van der Waals surface area (Å²) in [5.74, 6) is 0.139. The van der Waals surface area contributed by atoms with Crippen molar-refractivity contribution in [2.45, 2.75) is 6.61 Å². The standard InChI is InChI=1S/C6H7N3O3/c10-3-4-1-2-5(9-8-4)7-6(11)12/h1-2,10H,3H2,(H,7,9)(H,11,12). The number of nitrogens with one attached hydrogen (secondary N) is 1. The summed E-state index contributed by atoms with van der Waals surface area (Å²) in [6, 6.07) is 2.91. The Kier molecular flexibility index (Phi) is 2.54. The van der Waals surface area contributed by atoms with Gasteiger partial charge in [0.1, 0.15) is 0 Å². The lowest BCUT2D eigenvalue weighted by Gasteiger charge is -1.98. The Balaban J connectivity index is 2.71. The number of aliphatic hydroxyl groups excluding tert-OH is 1. The number of carboxylic acid groups (broad SMARTS) is 1. The van der Waals surface area contributed by atoms with Crippen molar-refractivity contribution in [3.05, 3.63) is 17.8 Å². The van der Waals surface area contributed by atoms with Crippen LogP contribution in [0.2, 0.25) is 0 Å². The first-order valence-electron chi connectivity index (χ1n) is 3.16. The number of anilines is 1. The summed E-state index contributed by atoms with van der Waals surface area (Å²) < 4.78 is 0. The van der Waals surface area contributed by atoms with Gasteiger partial charge in [0.15, 0.2) is 5.82 Å². The van der Waals surface area contributed by atoms with Crippen molar-refractivity contribution in [2.24, 2.45) is 0 Å². The summed E-state index contributed by atoms with van der Waals surface area (Å²) in [6.07, 6.45) is -1.19. The fraction of sp³-hybridized carbons (Fsp3) is 0.167. The van der Waals surface area contributed by atoms with Crippen molar-refractivity contribution in [1.29, 1.82) is 0 Å². The Morgan fingerprint density at radius 2 is 2.25 bits per heavy atom. The minimum absolute atomic E-state index is 0.139. The molecule has 0 unspecified atom stereocenters. The fourth-order valence-electron chi connectivity index (χ4n) is 0.620. The number of hydrogen-bond donors (Lipinski definition) is 3. The quantitative estimate of drug-likeness (QED) is 0.581. The minimum atomic E-state index is -1.19. The summed E-state index contributed by atoms with van der Waals surface area (Å²) in [5.41, 5.74) is 0.394. The van der Waals surface area contributed by atoms with Crippen LogP contribution in [0.4, 0.5) is 10.6 Å². The monoisotopic (exact) mass is 169 g/mol. The lowest BCUT2D eigenvalue weighted by molar-refractivity contribution is 0.209. The number of aromatic nitrogens is 2. The molecule has 0 radical (unpaired) electrons. The molecule has 1 heterocycles. The smallest absolute Gasteiger partial charge is 0.410 e. The van der Waals surface area contributed by atoms with E-state index >= 15 is 0 Å². The third kappa shape index (κ3) is 2.17. The van der Waals surface area contributed by atoms with Gasteiger partial charge >= 0.3 is 6.09 Å². The Hall–Kier alpha value is -1.69. The molecular weight excluding hydrogens is 162 g/mol. The van der Waals surface area contributed by atoms with Crippen LogP contribution in [0.3, 0.4) is 0 Å². The molecule has 0 fully saturated rings. The molecule has 0 saturated carbocycles. The molecule has 0 aliphatic carbocycles. The number of aliphatic hydroxyl groups is 1. The molecular formula is C6H7N3O3. The number of nitrogens with zero attached hydrogens (tertiary/aromatic N) is 2. The van der Waals surface area contributed by atoms with E-state index < -0.39 is 6.09 Å². The molecule has 0 aliphatic rings.